The first-order chi connectivity index (χ1) is 7.79. The van der Waals surface area contributed by atoms with Crippen LogP contribution in [0.5, 0.6) is 0 Å². The fourth-order valence-electron chi connectivity index (χ4n) is 1.18. The van der Waals surface area contributed by atoms with E-state index in [-0.39, 0.29) is 16.9 Å². The summed E-state index contributed by atoms with van der Waals surface area (Å²) in [4.78, 5) is 15.1. The SMILES string of the molecule is CC(C)CC(=O)Nc1ccc(S(=O)(=O)Cl)nc1. The van der Waals surface area contributed by atoms with E-state index in [0.717, 1.165) is 0 Å². The van der Waals surface area contributed by atoms with Gasteiger partial charge < -0.3 is 5.32 Å². The van der Waals surface area contributed by atoms with Gasteiger partial charge in [0.15, 0.2) is 5.03 Å². The van der Waals surface area contributed by atoms with E-state index >= 15 is 0 Å². The lowest BCUT2D eigenvalue weighted by molar-refractivity contribution is -0.116. The number of hydrogen-bond acceptors (Lipinski definition) is 4. The number of halogens is 1. The van der Waals surface area contributed by atoms with Crippen molar-refractivity contribution in [3.8, 4) is 0 Å². The van der Waals surface area contributed by atoms with Crippen LogP contribution in [0.4, 0.5) is 5.69 Å². The third-order valence-corrected chi connectivity index (χ3v) is 3.08. The average molecular weight is 277 g/mol. The summed E-state index contributed by atoms with van der Waals surface area (Å²) in [6, 6.07) is 2.69. The van der Waals surface area contributed by atoms with Crippen LogP contribution in [0.2, 0.25) is 0 Å². The van der Waals surface area contributed by atoms with Crippen LogP contribution in [0, 0.1) is 5.92 Å². The lowest BCUT2D eigenvalue weighted by Gasteiger charge is -2.06. The molecule has 1 aromatic rings. The second kappa shape index (κ2) is 5.46. The number of pyridine rings is 1. The molecule has 0 saturated heterocycles. The van der Waals surface area contributed by atoms with Gasteiger partial charge in [-0.1, -0.05) is 13.8 Å². The number of aromatic nitrogens is 1. The highest BCUT2D eigenvalue weighted by Crippen LogP contribution is 2.14. The van der Waals surface area contributed by atoms with E-state index in [4.69, 9.17) is 10.7 Å². The molecule has 0 saturated carbocycles. The van der Waals surface area contributed by atoms with Crippen LogP contribution in [0.25, 0.3) is 0 Å². The summed E-state index contributed by atoms with van der Waals surface area (Å²) >= 11 is 0. The van der Waals surface area contributed by atoms with Crippen molar-refractivity contribution >= 4 is 31.3 Å². The van der Waals surface area contributed by atoms with E-state index < -0.39 is 9.05 Å². The van der Waals surface area contributed by atoms with Gasteiger partial charge in [-0.25, -0.2) is 13.4 Å². The van der Waals surface area contributed by atoms with Crippen LogP contribution in [0.15, 0.2) is 23.4 Å². The van der Waals surface area contributed by atoms with Gasteiger partial charge in [0.1, 0.15) is 0 Å². The largest absolute Gasteiger partial charge is 0.325 e. The lowest BCUT2D eigenvalue weighted by Crippen LogP contribution is -2.14. The van der Waals surface area contributed by atoms with Crippen LogP contribution in [-0.4, -0.2) is 19.3 Å². The maximum absolute atomic E-state index is 11.4. The highest BCUT2D eigenvalue weighted by atomic mass is 35.7. The molecule has 0 aliphatic carbocycles. The number of nitrogens with one attached hydrogen (secondary N) is 1. The summed E-state index contributed by atoms with van der Waals surface area (Å²) in [6.45, 7) is 3.86. The molecule has 0 spiro atoms. The van der Waals surface area contributed by atoms with Crippen molar-refractivity contribution in [1.29, 1.82) is 0 Å². The van der Waals surface area contributed by atoms with E-state index in [9.17, 15) is 13.2 Å². The minimum atomic E-state index is -3.82. The first-order valence-electron chi connectivity index (χ1n) is 4.99. The first kappa shape index (κ1) is 13.9. The van der Waals surface area contributed by atoms with E-state index in [1.54, 1.807) is 0 Å². The van der Waals surface area contributed by atoms with Gasteiger partial charge in [-0.2, -0.15) is 0 Å². The van der Waals surface area contributed by atoms with Gasteiger partial charge in [-0.05, 0) is 18.1 Å². The molecular formula is C10H13ClN2O3S. The van der Waals surface area contributed by atoms with Gasteiger partial charge >= 0.3 is 0 Å². The van der Waals surface area contributed by atoms with Crippen molar-refractivity contribution in [3.05, 3.63) is 18.3 Å². The van der Waals surface area contributed by atoms with Crippen molar-refractivity contribution in [2.75, 3.05) is 5.32 Å². The minimum absolute atomic E-state index is 0.136. The van der Waals surface area contributed by atoms with Crippen molar-refractivity contribution in [3.63, 3.8) is 0 Å². The van der Waals surface area contributed by atoms with Crippen LogP contribution < -0.4 is 5.32 Å². The molecule has 0 fully saturated rings. The standard InChI is InChI=1S/C10H13ClN2O3S/c1-7(2)5-9(14)13-8-3-4-10(12-6-8)17(11,15)16/h3-4,6-7H,5H2,1-2H3,(H,13,14). The molecule has 0 atom stereocenters. The quantitative estimate of drug-likeness (QED) is 0.854. The smallest absolute Gasteiger partial charge is 0.278 e. The Balaban J connectivity index is 2.73. The zero-order valence-corrected chi connectivity index (χ0v) is 11.0. The first-order valence-corrected chi connectivity index (χ1v) is 7.30. The fraction of sp³-hybridized carbons (Fsp3) is 0.400. The number of hydrogen-bond donors (Lipinski definition) is 1. The summed E-state index contributed by atoms with van der Waals surface area (Å²) in [7, 11) is 1.29. The van der Waals surface area contributed by atoms with Crippen LogP contribution in [0.3, 0.4) is 0 Å². The van der Waals surface area contributed by atoms with E-state index in [2.05, 4.69) is 10.3 Å². The Bertz CT molecular complexity index is 497. The van der Waals surface area contributed by atoms with E-state index in [1.165, 1.54) is 18.3 Å². The number of rotatable bonds is 4. The molecule has 94 valence electrons. The predicted octanol–water partition coefficient (Wildman–Crippen LogP) is 1.99. The van der Waals surface area contributed by atoms with Gasteiger partial charge in [-0.3, -0.25) is 4.79 Å². The number of nitrogens with zero attached hydrogens (tertiary/aromatic N) is 1. The normalized spacial score (nSPS) is 11.5. The molecule has 0 aliphatic heterocycles. The second-order valence-electron chi connectivity index (χ2n) is 3.97. The fourth-order valence-corrected chi connectivity index (χ4v) is 1.86. The Hall–Kier alpha value is -1.14. The third kappa shape index (κ3) is 4.70. The monoisotopic (exact) mass is 276 g/mol. The molecule has 1 rings (SSSR count). The number of anilines is 1. The van der Waals surface area contributed by atoms with Crippen LogP contribution in [-0.2, 0) is 13.8 Å². The Morgan fingerprint density at radius 1 is 1.47 bits per heavy atom. The van der Waals surface area contributed by atoms with E-state index in [0.29, 0.717) is 12.1 Å². The minimum Gasteiger partial charge on any atom is -0.325 e. The predicted molar refractivity (Wildman–Crippen MR) is 65.4 cm³/mol. The second-order valence-corrected chi connectivity index (χ2v) is 6.48. The van der Waals surface area contributed by atoms with E-state index in [1.807, 2.05) is 13.8 Å². The summed E-state index contributed by atoms with van der Waals surface area (Å²) in [6.07, 6.45) is 1.66. The number of amides is 1. The maximum atomic E-state index is 11.4. The van der Waals surface area contributed by atoms with Crippen molar-refractivity contribution in [2.24, 2.45) is 5.92 Å². The molecule has 0 aromatic carbocycles. The van der Waals surface area contributed by atoms with Crippen molar-refractivity contribution in [2.45, 2.75) is 25.3 Å². The van der Waals surface area contributed by atoms with Gasteiger partial charge in [0, 0.05) is 17.1 Å². The van der Waals surface area contributed by atoms with Gasteiger partial charge in [0.05, 0.1) is 11.9 Å². The maximum Gasteiger partial charge on any atom is 0.278 e. The number of carbonyl (C=O) groups excluding carboxylic acids is 1. The molecule has 1 N–H and O–H groups in total. The molecule has 0 radical (unpaired) electrons. The van der Waals surface area contributed by atoms with Crippen molar-refractivity contribution in [1.82, 2.24) is 4.98 Å². The molecule has 7 heteroatoms. The molecule has 0 bridgehead atoms. The molecule has 0 aliphatic rings. The molecule has 5 nitrogen and oxygen atoms in total. The summed E-state index contributed by atoms with van der Waals surface area (Å²) < 4.78 is 21.9. The zero-order chi connectivity index (χ0) is 13.1. The number of carbonyl (C=O) groups is 1. The molecule has 1 amide bonds. The average Bonchev–Trinajstić information content (AvgIpc) is 2.15. The van der Waals surface area contributed by atoms with Crippen LogP contribution in [0.1, 0.15) is 20.3 Å². The molecule has 1 heterocycles. The Morgan fingerprint density at radius 2 is 2.12 bits per heavy atom. The summed E-state index contributed by atoms with van der Waals surface area (Å²) in [5.74, 6) is 0.119. The Morgan fingerprint density at radius 3 is 2.53 bits per heavy atom. The molecule has 0 unspecified atom stereocenters. The van der Waals surface area contributed by atoms with Gasteiger partial charge in [-0.15, -0.1) is 0 Å². The molecule has 17 heavy (non-hydrogen) atoms. The van der Waals surface area contributed by atoms with Crippen LogP contribution >= 0.6 is 10.7 Å². The highest BCUT2D eigenvalue weighted by molar-refractivity contribution is 8.13. The summed E-state index contributed by atoms with van der Waals surface area (Å²) in [5.41, 5.74) is 0.444. The Labute approximate surface area is 105 Å². The Kier molecular flexibility index (Phi) is 4.47. The molecule has 1 aromatic heterocycles. The van der Waals surface area contributed by atoms with Gasteiger partial charge in [0.25, 0.3) is 9.05 Å². The molecular weight excluding hydrogens is 264 g/mol. The highest BCUT2D eigenvalue weighted by Gasteiger charge is 2.11. The third-order valence-electron chi connectivity index (χ3n) is 1.86. The topological polar surface area (TPSA) is 76.1 Å². The van der Waals surface area contributed by atoms with Gasteiger partial charge in [0.2, 0.25) is 5.91 Å². The van der Waals surface area contributed by atoms with Crippen molar-refractivity contribution < 1.29 is 13.2 Å². The lowest BCUT2D eigenvalue weighted by atomic mass is 10.1. The summed E-state index contributed by atoms with van der Waals surface area (Å²) in [5, 5.41) is 2.38. The zero-order valence-electron chi connectivity index (χ0n) is 9.47.